The molecule has 0 spiro atoms. The van der Waals surface area contributed by atoms with Gasteiger partial charge in [-0.3, -0.25) is 4.79 Å². The van der Waals surface area contributed by atoms with Gasteiger partial charge < -0.3 is 4.90 Å². The van der Waals surface area contributed by atoms with Crippen LogP contribution in [0.5, 0.6) is 0 Å². The van der Waals surface area contributed by atoms with Gasteiger partial charge in [0.15, 0.2) is 0 Å². The molecule has 3 nitrogen and oxygen atoms in total. The summed E-state index contributed by atoms with van der Waals surface area (Å²) >= 11 is 0. The summed E-state index contributed by atoms with van der Waals surface area (Å²) in [5.41, 5.74) is 3.23. The number of nitrogens with zero attached hydrogens (tertiary/aromatic N) is 2. The fraction of sp³-hybridized carbons (Fsp3) is 0.429. The molecular weight excluding hydrogens is 212 g/mol. The Balaban J connectivity index is 2.39. The average molecular weight is 228 g/mol. The fourth-order valence-electron chi connectivity index (χ4n) is 2.29. The van der Waals surface area contributed by atoms with E-state index < -0.39 is 0 Å². The number of hydrogen-bond donors (Lipinski definition) is 0. The van der Waals surface area contributed by atoms with Gasteiger partial charge >= 0.3 is 0 Å². The van der Waals surface area contributed by atoms with Crippen LogP contribution in [-0.4, -0.2) is 13.0 Å². The zero-order chi connectivity index (χ0) is 12.4. The number of carbonyl (C=O) groups is 1. The largest absolute Gasteiger partial charge is 0.315 e. The first kappa shape index (κ1) is 11.7. The van der Waals surface area contributed by atoms with Crippen molar-refractivity contribution in [3.05, 3.63) is 29.3 Å². The molecule has 0 radical (unpaired) electrons. The van der Waals surface area contributed by atoms with Crippen molar-refractivity contribution in [2.24, 2.45) is 0 Å². The molecule has 1 aliphatic heterocycles. The molecule has 88 valence electrons. The van der Waals surface area contributed by atoms with Crippen molar-refractivity contribution < 1.29 is 4.79 Å². The number of benzene rings is 1. The van der Waals surface area contributed by atoms with Crippen LogP contribution in [0.1, 0.15) is 36.8 Å². The van der Waals surface area contributed by atoms with Crippen LogP contribution in [-0.2, 0) is 11.2 Å². The number of aryl methyl sites for hydroxylation is 1. The van der Waals surface area contributed by atoms with Gasteiger partial charge in [0.1, 0.15) is 0 Å². The third-order valence-electron chi connectivity index (χ3n) is 3.41. The van der Waals surface area contributed by atoms with E-state index in [9.17, 15) is 4.79 Å². The van der Waals surface area contributed by atoms with Gasteiger partial charge in [0.25, 0.3) is 0 Å². The molecular formula is C14H16N2O. The highest BCUT2D eigenvalue weighted by molar-refractivity contribution is 5.95. The summed E-state index contributed by atoms with van der Waals surface area (Å²) < 4.78 is 0. The second kappa shape index (κ2) is 4.58. The molecule has 3 heteroatoms. The topological polar surface area (TPSA) is 44.1 Å². The van der Waals surface area contributed by atoms with Gasteiger partial charge in [-0.05, 0) is 30.0 Å². The molecule has 0 saturated carbocycles. The predicted octanol–water partition coefficient (Wildman–Crippen LogP) is 2.61. The van der Waals surface area contributed by atoms with Crippen molar-refractivity contribution in [3.63, 3.8) is 0 Å². The van der Waals surface area contributed by atoms with Crippen molar-refractivity contribution in [2.75, 3.05) is 11.9 Å². The van der Waals surface area contributed by atoms with Crippen LogP contribution in [0.2, 0.25) is 0 Å². The van der Waals surface area contributed by atoms with E-state index in [0.29, 0.717) is 6.42 Å². The van der Waals surface area contributed by atoms with Crippen LogP contribution in [0.15, 0.2) is 18.2 Å². The van der Waals surface area contributed by atoms with E-state index >= 15 is 0 Å². The van der Waals surface area contributed by atoms with E-state index in [1.807, 2.05) is 26.1 Å². The van der Waals surface area contributed by atoms with E-state index in [0.717, 1.165) is 24.1 Å². The maximum atomic E-state index is 11.6. The lowest BCUT2D eigenvalue weighted by Gasteiger charge is -2.26. The minimum absolute atomic E-state index is 0.0387. The number of nitriles is 1. The van der Waals surface area contributed by atoms with Gasteiger partial charge in [-0.2, -0.15) is 5.26 Å². The van der Waals surface area contributed by atoms with Crippen LogP contribution >= 0.6 is 0 Å². The van der Waals surface area contributed by atoms with Gasteiger partial charge in [0.2, 0.25) is 5.91 Å². The number of carbonyl (C=O) groups excluding carboxylic acids is 1. The highest BCUT2D eigenvalue weighted by atomic mass is 16.2. The predicted molar refractivity (Wildman–Crippen MR) is 66.8 cm³/mol. The van der Waals surface area contributed by atoms with Crippen LogP contribution in [0.25, 0.3) is 0 Å². The molecule has 1 amide bonds. The Hall–Kier alpha value is -1.82. The summed E-state index contributed by atoms with van der Waals surface area (Å²) in [7, 11) is 1.81. The second-order valence-electron chi connectivity index (χ2n) is 4.43. The number of fused-ring (bicyclic) bond motifs is 1. The lowest BCUT2D eigenvalue weighted by atomic mass is 9.92. The van der Waals surface area contributed by atoms with Gasteiger partial charge in [-0.1, -0.05) is 19.1 Å². The van der Waals surface area contributed by atoms with E-state index in [4.69, 9.17) is 5.26 Å². The highest BCUT2D eigenvalue weighted by Gasteiger charge is 2.21. The summed E-state index contributed by atoms with van der Waals surface area (Å²) in [6, 6.07) is 8.32. The summed E-state index contributed by atoms with van der Waals surface area (Å²) in [6.45, 7) is 2.02. The molecule has 1 aromatic rings. The van der Waals surface area contributed by atoms with Gasteiger partial charge in [0, 0.05) is 19.2 Å². The summed E-state index contributed by atoms with van der Waals surface area (Å²) in [6.07, 6.45) is 2.18. The smallest absolute Gasteiger partial charge is 0.227 e. The first-order chi connectivity index (χ1) is 8.17. The normalized spacial score (nSPS) is 16.3. The Labute approximate surface area is 102 Å². The summed E-state index contributed by atoms with van der Waals surface area (Å²) in [4.78, 5) is 13.3. The number of hydrogen-bond acceptors (Lipinski definition) is 2. The minimum atomic E-state index is -0.0387. The maximum absolute atomic E-state index is 11.6. The standard InChI is InChI=1S/C14H16N2O/c1-3-10(9-15)11-4-6-13-12(8-11)5-7-14(17)16(13)2/h4,6,8,10H,3,5,7H2,1-2H3. The molecule has 0 aliphatic carbocycles. The van der Waals surface area contributed by atoms with Crippen LogP contribution < -0.4 is 4.90 Å². The second-order valence-corrected chi connectivity index (χ2v) is 4.43. The first-order valence-electron chi connectivity index (χ1n) is 5.96. The summed E-state index contributed by atoms with van der Waals surface area (Å²) in [5, 5.41) is 9.06. The molecule has 0 N–H and O–H groups in total. The Kier molecular flexibility index (Phi) is 3.14. The minimum Gasteiger partial charge on any atom is -0.315 e. The van der Waals surface area contributed by atoms with Crippen molar-refractivity contribution in [2.45, 2.75) is 32.1 Å². The first-order valence-corrected chi connectivity index (χ1v) is 5.96. The SMILES string of the molecule is CCC(C#N)c1ccc2c(c1)CCC(=O)N2C. The molecule has 0 fully saturated rings. The molecule has 0 bridgehead atoms. The summed E-state index contributed by atoms with van der Waals surface area (Å²) in [5.74, 6) is 0.126. The fourth-order valence-corrected chi connectivity index (χ4v) is 2.29. The van der Waals surface area contributed by atoms with Gasteiger partial charge in [-0.15, -0.1) is 0 Å². The van der Waals surface area contributed by atoms with Gasteiger partial charge in [-0.25, -0.2) is 0 Å². The molecule has 1 aliphatic rings. The Morgan fingerprint density at radius 2 is 2.24 bits per heavy atom. The van der Waals surface area contributed by atoms with E-state index in [2.05, 4.69) is 12.1 Å². The molecule has 0 aromatic heterocycles. The van der Waals surface area contributed by atoms with Crippen molar-refractivity contribution in [1.82, 2.24) is 0 Å². The third-order valence-corrected chi connectivity index (χ3v) is 3.41. The van der Waals surface area contributed by atoms with E-state index in [1.165, 1.54) is 5.56 Å². The zero-order valence-electron chi connectivity index (χ0n) is 10.2. The lowest BCUT2D eigenvalue weighted by Crippen LogP contribution is -2.31. The van der Waals surface area contributed by atoms with Crippen LogP contribution in [0.3, 0.4) is 0 Å². The van der Waals surface area contributed by atoms with Crippen LogP contribution in [0.4, 0.5) is 5.69 Å². The van der Waals surface area contributed by atoms with Crippen molar-refractivity contribution >= 4 is 11.6 Å². The highest BCUT2D eigenvalue weighted by Crippen LogP contribution is 2.30. The zero-order valence-corrected chi connectivity index (χ0v) is 10.2. The lowest BCUT2D eigenvalue weighted by molar-refractivity contribution is -0.118. The Morgan fingerprint density at radius 1 is 1.47 bits per heavy atom. The molecule has 1 heterocycles. The van der Waals surface area contributed by atoms with E-state index in [-0.39, 0.29) is 11.8 Å². The molecule has 17 heavy (non-hydrogen) atoms. The third kappa shape index (κ3) is 2.03. The van der Waals surface area contributed by atoms with Crippen molar-refractivity contribution in [3.8, 4) is 6.07 Å². The molecule has 1 atom stereocenters. The Morgan fingerprint density at radius 3 is 2.88 bits per heavy atom. The number of rotatable bonds is 2. The maximum Gasteiger partial charge on any atom is 0.227 e. The molecule has 1 unspecified atom stereocenters. The van der Waals surface area contributed by atoms with E-state index in [1.54, 1.807) is 4.90 Å². The number of anilines is 1. The van der Waals surface area contributed by atoms with Crippen molar-refractivity contribution in [1.29, 1.82) is 5.26 Å². The number of amides is 1. The monoisotopic (exact) mass is 228 g/mol. The molecule has 1 aromatic carbocycles. The average Bonchev–Trinajstić information content (AvgIpc) is 2.35. The molecule has 2 rings (SSSR count). The Bertz CT molecular complexity index is 487. The quantitative estimate of drug-likeness (QED) is 0.781. The van der Waals surface area contributed by atoms with Gasteiger partial charge in [0.05, 0.1) is 12.0 Å². The molecule has 0 saturated heterocycles. The van der Waals surface area contributed by atoms with Crippen LogP contribution in [0, 0.1) is 11.3 Å².